The summed E-state index contributed by atoms with van der Waals surface area (Å²) in [5.41, 5.74) is 0. The molecule has 0 aromatic heterocycles. The van der Waals surface area contributed by atoms with E-state index in [1.54, 1.807) is 7.11 Å². The number of ether oxygens (including phenoxy) is 1. The van der Waals surface area contributed by atoms with Crippen molar-refractivity contribution >= 4 is 0 Å². The minimum absolute atomic E-state index is 0.326. The minimum Gasteiger partial charge on any atom is -0.381 e. The Balaban J connectivity index is 4.17. The molecule has 0 aliphatic carbocycles. The first-order chi connectivity index (χ1) is 6.54. The van der Waals surface area contributed by atoms with Crippen molar-refractivity contribution in [2.45, 2.75) is 53.2 Å². The average Bonchev–Trinajstić information content (AvgIpc) is 2.16. The topological polar surface area (TPSA) is 21.3 Å². The van der Waals surface area contributed by atoms with Crippen LogP contribution >= 0.6 is 0 Å². The van der Waals surface area contributed by atoms with Gasteiger partial charge in [0.25, 0.3) is 0 Å². The third-order valence-corrected chi connectivity index (χ3v) is 3.03. The average molecular weight is 201 g/mol. The molecule has 1 N–H and O–H groups in total. The quantitative estimate of drug-likeness (QED) is 0.684. The highest BCUT2D eigenvalue weighted by Crippen LogP contribution is 2.17. The molecule has 2 heteroatoms. The normalized spacial score (nSPS) is 18.2. The van der Waals surface area contributed by atoms with Crippen LogP contribution in [-0.4, -0.2) is 25.8 Å². The molecule has 86 valence electrons. The maximum atomic E-state index is 5.38. The van der Waals surface area contributed by atoms with Crippen molar-refractivity contribution in [1.29, 1.82) is 0 Å². The molecule has 0 aromatic carbocycles. The zero-order valence-corrected chi connectivity index (χ0v) is 10.6. The molecule has 3 atom stereocenters. The van der Waals surface area contributed by atoms with Crippen molar-refractivity contribution in [3.63, 3.8) is 0 Å². The van der Waals surface area contributed by atoms with Crippen LogP contribution in [0.3, 0.4) is 0 Å². The fourth-order valence-corrected chi connectivity index (χ4v) is 1.85. The summed E-state index contributed by atoms with van der Waals surface area (Å²) < 4.78 is 5.38. The lowest BCUT2D eigenvalue weighted by Crippen LogP contribution is -2.44. The van der Waals surface area contributed by atoms with Crippen LogP contribution in [0.1, 0.15) is 41.0 Å². The summed E-state index contributed by atoms with van der Waals surface area (Å²) in [6.07, 6.45) is 1.52. The SMILES string of the molecule is CCCNC(C(C)C)C(C)C(C)OC. The zero-order chi connectivity index (χ0) is 11.1. The van der Waals surface area contributed by atoms with Gasteiger partial charge in [0.1, 0.15) is 0 Å². The molecule has 0 radical (unpaired) electrons. The van der Waals surface area contributed by atoms with Gasteiger partial charge in [-0.3, -0.25) is 0 Å². The minimum atomic E-state index is 0.326. The number of hydrogen-bond acceptors (Lipinski definition) is 2. The predicted octanol–water partition coefficient (Wildman–Crippen LogP) is 2.68. The molecule has 3 unspecified atom stereocenters. The van der Waals surface area contributed by atoms with Crippen LogP contribution in [0.2, 0.25) is 0 Å². The second kappa shape index (κ2) is 7.24. The van der Waals surface area contributed by atoms with Gasteiger partial charge in [-0.1, -0.05) is 27.7 Å². The van der Waals surface area contributed by atoms with E-state index in [0.29, 0.717) is 24.0 Å². The Kier molecular flexibility index (Phi) is 7.20. The molecule has 0 aliphatic rings. The fourth-order valence-electron chi connectivity index (χ4n) is 1.85. The highest BCUT2D eigenvalue weighted by atomic mass is 16.5. The van der Waals surface area contributed by atoms with Crippen LogP contribution in [0.5, 0.6) is 0 Å². The van der Waals surface area contributed by atoms with Crippen molar-refractivity contribution < 1.29 is 4.74 Å². The number of hydrogen-bond donors (Lipinski definition) is 1. The Morgan fingerprint density at radius 1 is 1.14 bits per heavy atom. The number of nitrogens with one attached hydrogen (secondary N) is 1. The standard InChI is InChI=1S/C12H27NO/c1-7-8-13-12(9(2)3)10(4)11(5)14-6/h9-13H,7-8H2,1-6H3. The molecular formula is C12H27NO. The van der Waals surface area contributed by atoms with E-state index in [2.05, 4.69) is 39.9 Å². The number of methoxy groups -OCH3 is 1. The Bertz CT molecular complexity index is 136. The lowest BCUT2D eigenvalue weighted by atomic mass is 9.88. The molecule has 0 rings (SSSR count). The van der Waals surface area contributed by atoms with E-state index in [0.717, 1.165) is 6.54 Å². The second-order valence-electron chi connectivity index (χ2n) is 4.52. The van der Waals surface area contributed by atoms with Crippen LogP contribution in [-0.2, 0) is 4.74 Å². The van der Waals surface area contributed by atoms with Gasteiger partial charge in [0.05, 0.1) is 6.10 Å². The van der Waals surface area contributed by atoms with Crippen molar-refractivity contribution in [3.05, 3.63) is 0 Å². The van der Waals surface area contributed by atoms with E-state index < -0.39 is 0 Å². The molecule has 2 nitrogen and oxygen atoms in total. The maximum absolute atomic E-state index is 5.38. The molecule has 0 fully saturated rings. The largest absolute Gasteiger partial charge is 0.381 e. The van der Waals surface area contributed by atoms with Crippen molar-refractivity contribution in [3.8, 4) is 0 Å². The highest BCUT2D eigenvalue weighted by Gasteiger charge is 2.24. The first-order valence-corrected chi connectivity index (χ1v) is 5.80. The van der Waals surface area contributed by atoms with Gasteiger partial charge in [0.15, 0.2) is 0 Å². The Morgan fingerprint density at radius 2 is 1.71 bits per heavy atom. The Hall–Kier alpha value is -0.0800. The zero-order valence-electron chi connectivity index (χ0n) is 10.6. The molecule has 0 saturated heterocycles. The molecular weight excluding hydrogens is 174 g/mol. The van der Waals surface area contributed by atoms with Gasteiger partial charge in [-0.2, -0.15) is 0 Å². The molecule has 0 saturated carbocycles. The van der Waals surface area contributed by atoms with Crippen molar-refractivity contribution in [1.82, 2.24) is 5.32 Å². The molecule has 14 heavy (non-hydrogen) atoms. The molecule has 0 heterocycles. The fraction of sp³-hybridized carbons (Fsp3) is 1.00. The van der Waals surface area contributed by atoms with Crippen LogP contribution in [0.25, 0.3) is 0 Å². The molecule has 0 spiro atoms. The second-order valence-corrected chi connectivity index (χ2v) is 4.52. The Labute approximate surface area is 89.4 Å². The van der Waals surface area contributed by atoms with Crippen molar-refractivity contribution in [2.24, 2.45) is 11.8 Å². The summed E-state index contributed by atoms with van der Waals surface area (Å²) in [5, 5.41) is 3.60. The summed E-state index contributed by atoms with van der Waals surface area (Å²) in [5.74, 6) is 1.22. The van der Waals surface area contributed by atoms with Gasteiger partial charge in [0.2, 0.25) is 0 Å². The van der Waals surface area contributed by atoms with Crippen LogP contribution in [0.15, 0.2) is 0 Å². The van der Waals surface area contributed by atoms with Gasteiger partial charge in [-0.15, -0.1) is 0 Å². The van der Waals surface area contributed by atoms with Gasteiger partial charge < -0.3 is 10.1 Å². The highest BCUT2D eigenvalue weighted by molar-refractivity contribution is 4.79. The number of rotatable bonds is 7. The summed E-state index contributed by atoms with van der Waals surface area (Å²) in [7, 11) is 1.79. The smallest absolute Gasteiger partial charge is 0.0583 e. The first kappa shape index (κ1) is 13.9. The molecule has 0 amide bonds. The Morgan fingerprint density at radius 3 is 2.07 bits per heavy atom. The third-order valence-electron chi connectivity index (χ3n) is 3.03. The third kappa shape index (κ3) is 4.43. The van der Waals surface area contributed by atoms with Gasteiger partial charge in [-0.25, -0.2) is 0 Å². The summed E-state index contributed by atoms with van der Waals surface area (Å²) in [4.78, 5) is 0. The molecule has 0 aromatic rings. The van der Waals surface area contributed by atoms with Gasteiger partial charge >= 0.3 is 0 Å². The van der Waals surface area contributed by atoms with Gasteiger partial charge in [-0.05, 0) is 31.7 Å². The first-order valence-electron chi connectivity index (χ1n) is 5.80. The summed E-state index contributed by atoms with van der Waals surface area (Å²) in [6.45, 7) is 12.3. The lowest BCUT2D eigenvalue weighted by Gasteiger charge is -2.32. The van der Waals surface area contributed by atoms with Gasteiger partial charge in [0, 0.05) is 13.2 Å². The molecule has 0 aliphatic heterocycles. The monoisotopic (exact) mass is 201 g/mol. The van der Waals surface area contributed by atoms with E-state index in [-0.39, 0.29) is 0 Å². The lowest BCUT2D eigenvalue weighted by molar-refractivity contribution is 0.0490. The van der Waals surface area contributed by atoms with E-state index in [9.17, 15) is 0 Å². The molecule has 0 bridgehead atoms. The summed E-state index contributed by atoms with van der Waals surface area (Å²) in [6, 6.07) is 0.560. The van der Waals surface area contributed by atoms with Crippen LogP contribution < -0.4 is 5.32 Å². The van der Waals surface area contributed by atoms with E-state index in [1.807, 2.05) is 0 Å². The van der Waals surface area contributed by atoms with Crippen LogP contribution in [0.4, 0.5) is 0 Å². The predicted molar refractivity (Wildman–Crippen MR) is 62.6 cm³/mol. The van der Waals surface area contributed by atoms with E-state index in [4.69, 9.17) is 4.74 Å². The maximum Gasteiger partial charge on any atom is 0.0583 e. The van der Waals surface area contributed by atoms with Crippen molar-refractivity contribution in [2.75, 3.05) is 13.7 Å². The summed E-state index contributed by atoms with van der Waals surface area (Å²) >= 11 is 0. The van der Waals surface area contributed by atoms with E-state index in [1.165, 1.54) is 6.42 Å². The van der Waals surface area contributed by atoms with E-state index >= 15 is 0 Å². The van der Waals surface area contributed by atoms with Crippen LogP contribution in [0, 0.1) is 11.8 Å².